The lowest BCUT2D eigenvalue weighted by molar-refractivity contribution is -0.122. The van der Waals surface area contributed by atoms with E-state index in [2.05, 4.69) is 34.2 Å². The number of aromatic nitrogens is 2. The van der Waals surface area contributed by atoms with Crippen LogP contribution in [0.5, 0.6) is 0 Å². The second-order valence-corrected chi connectivity index (χ2v) is 7.57. The van der Waals surface area contributed by atoms with Gasteiger partial charge in [-0.2, -0.15) is 4.98 Å². The Labute approximate surface area is 160 Å². The van der Waals surface area contributed by atoms with Gasteiger partial charge in [0.25, 0.3) is 0 Å². The van der Waals surface area contributed by atoms with Gasteiger partial charge in [-0.1, -0.05) is 35.0 Å². The van der Waals surface area contributed by atoms with Gasteiger partial charge in [0.2, 0.25) is 17.6 Å². The van der Waals surface area contributed by atoms with Crippen LogP contribution in [0.15, 0.2) is 28.8 Å². The van der Waals surface area contributed by atoms with Crippen molar-refractivity contribution in [2.45, 2.75) is 39.2 Å². The first-order valence-corrected chi connectivity index (χ1v) is 9.43. The number of benzene rings is 1. The van der Waals surface area contributed by atoms with Crippen molar-refractivity contribution in [3.63, 3.8) is 0 Å². The summed E-state index contributed by atoms with van der Waals surface area (Å²) in [7, 11) is 0. The second-order valence-electron chi connectivity index (χ2n) is 7.57. The molecular weight excluding hydrogens is 344 g/mol. The smallest absolute Gasteiger partial charge is 0.227 e. The molecule has 1 aromatic heterocycles. The van der Waals surface area contributed by atoms with E-state index in [9.17, 15) is 4.79 Å². The molecule has 1 aromatic carbocycles. The Balaban J connectivity index is 1.46. The topological polar surface area (TPSA) is 80.5 Å². The molecule has 146 valence electrons. The molecule has 1 fully saturated rings. The van der Waals surface area contributed by atoms with Gasteiger partial charge in [-0.3, -0.25) is 9.69 Å². The molecule has 0 radical (unpaired) electrons. The summed E-state index contributed by atoms with van der Waals surface area (Å²) in [5.41, 5.74) is 1.99. The van der Waals surface area contributed by atoms with Crippen LogP contribution in [0.1, 0.15) is 31.7 Å². The number of nitrogens with one attached hydrogen (secondary N) is 1. The van der Waals surface area contributed by atoms with Crippen LogP contribution in [-0.4, -0.2) is 59.3 Å². The summed E-state index contributed by atoms with van der Waals surface area (Å²) in [4.78, 5) is 19.0. The third-order valence-corrected chi connectivity index (χ3v) is 4.93. The SMILES string of the molecule is Cc1ccc(-c2noc(CCC(=O)NCC(C)(C)N3CCOCC3)n2)cc1. The van der Waals surface area contributed by atoms with Gasteiger partial charge in [-0.15, -0.1) is 0 Å². The van der Waals surface area contributed by atoms with Crippen molar-refractivity contribution in [2.24, 2.45) is 0 Å². The van der Waals surface area contributed by atoms with E-state index in [-0.39, 0.29) is 11.4 Å². The summed E-state index contributed by atoms with van der Waals surface area (Å²) in [5.74, 6) is 1.03. The summed E-state index contributed by atoms with van der Waals surface area (Å²) in [6.07, 6.45) is 0.761. The van der Waals surface area contributed by atoms with Gasteiger partial charge in [0.05, 0.1) is 13.2 Å². The van der Waals surface area contributed by atoms with Gasteiger partial charge in [0.1, 0.15) is 0 Å². The molecule has 27 heavy (non-hydrogen) atoms. The Morgan fingerprint density at radius 1 is 1.22 bits per heavy atom. The molecule has 1 aliphatic heterocycles. The van der Waals surface area contributed by atoms with E-state index in [0.29, 0.717) is 31.1 Å². The molecule has 0 bridgehead atoms. The predicted octanol–water partition coefficient (Wildman–Crippen LogP) is 2.20. The zero-order valence-electron chi connectivity index (χ0n) is 16.3. The van der Waals surface area contributed by atoms with Crippen LogP contribution in [-0.2, 0) is 16.0 Å². The predicted molar refractivity (Wildman–Crippen MR) is 102 cm³/mol. The number of carbonyl (C=O) groups is 1. The molecule has 0 spiro atoms. The third kappa shape index (κ3) is 5.37. The molecule has 0 unspecified atom stereocenters. The van der Waals surface area contributed by atoms with Gasteiger partial charge in [-0.05, 0) is 20.8 Å². The fourth-order valence-corrected chi connectivity index (χ4v) is 3.08. The first-order valence-electron chi connectivity index (χ1n) is 9.43. The van der Waals surface area contributed by atoms with Crippen molar-refractivity contribution in [2.75, 3.05) is 32.8 Å². The molecule has 2 aromatic rings. The van der Waals surface area contributed by atoms with Crippen LogP contribution in [0, 0.1) is 6.92 Å². The van der Waals surface area contributed by atoms with Gasteiger partial charge >= 0.3 is 0 Å². The van der Waals surface area contributed by atoms with E-state index < -0.39 is 0 Å². The van der Waals surface area contributed by atoms with Gasteiger partial charge in [0.15, 0.2) is 0 Å². The maximum atomic E-state index is 12.2. The van der Waals surface area contributed by atoms with Crippen molar-refractivity contribution < 1.29 is 14.1 Å². The number of rotatable bonds is 7. The molecule has 1 saturated heterocycles. The number of carbonyl (C=O) groups excluding carboxylic acids is 1. The van der Waals surface area contributed by atoms with Crippen molar-refractivity contribution in [3.05, 3.63) is 35.7 Å². The Kier molecular flexibility index (Phi) is 6.23. The zero-order valence-corrected chi connectivity index (χ0v) is 16.3. The lowest BCUT2D eigenvalue weighted by Crippen LogP contribution is -2.55. The Hall–Kier alpha value is -2.25. The number of morpholine rings is 1. The number of amides is 1. The highest BCUT2D eigenvalue weighted by Crippen LogP contribution is 2.17. The highest BCUT2D eigenvalue weighted by molar-refractivity contribution is 5.76. The highest BCUT2D eigenvalue weighted by Gasteiger charge is 2.28. The van der Waals surface area contributed by atoms with Crippen LogP contribution in [0.4, 0.5) is 0 Å². The van der Waals surface area contributed by atoms with E-state index in [1.165, 1.54) is 5.56 Å². The second kappa shape index (κ2) is 8.63. The molecular formula is C20H28N4O3. The minimum atomic E-state index is -0.0947. The van der Waals surface area contributed by atoms with Gasteiger partial charge in [-0.25, -0.2) is 0 Å². The number of hydrogen-bond acceptors (Lipinski definition) is 6. The zero-order chi connectivity index (χ0) is 19.3. The molecule has 1 amide bonds. The van der Waals surface area contributed by atoms with Crippen LogP contribution < -0.4 is 5.32 Å². The summed E-state index contributed by atoms with van der Waals surface area (Å²) in [6.45, 7) is 10.2. The molecule has 7 nitrogen and oxygen atoms in total. The van der Waals surface area contributed by atoms with Crippen molar-refractivity contribution in [1.82, 2.24) is 20.4 Å². The van der Waals surface area contributed by atoms with Crippen LogP contribution in [0.3, 0.4) is 0 Å². The number of aryl methyl sites for hydroxylation is 2. The molecule has 1 N–H and O–H groups in total. The summed E-state index contributed by atoms with van der Waals surface area (Å²) in [5, 5.41) is 7.03. The Bertz CT molecular complexity index is 749. The van der Waals surface area contributed by atoms with Crippen molar-refractivity contribution in [1.29, 1.82) is 0 Å². The highest BCUT2D eigenvalue weighted by atomic mass is 16.5. The number of hydrogen-bond donors (Lipinski definition) is 1. The molecule has 0 atom stereocenters. The van der Waals surface area contributed by atoms with Gasteiger partial charge in [0, 0.05) is 43.6 Å². The third-order valence-electron chi connectivity index (χ3n) is 4.93. The standard InChI is InChI=1S/C20H28N4O3/c1-15-4-6-16(7-5-15)19-22-18(27-23-19)9-8-17(25)21-14-20(2,3)24-10-12-26-13-11-24/h4-7H,8-14H2,1-3H3,(H,21,25). The maximum absolute atomic E-state index is 12.2. The summed E-state index contributed by atoms with van der Waals surface area (Å²) in [6, 6.07) is 7.94. The summed E-state index contributed by atoms with van der Waals surface area (Å²) < 4.78 is 10.7. The average Bonchev–Trinajstić information content (AvgIpc) is 3.15. The molecule has 0 saturated carbocycles. The molecule has 0 aliphatic carbocycles. The van der Waals surface area contributed by atoms with Crippen LogP contribution in [0.25, 0.3) is 11.4 Å². The van der Waals surface area contributed by atoms with Crippen LogP contribution in [0.2, 0.25) is 0 Å². The molecule has 1 aliphatic rings. The Morgan fingerprint density at radius 3 is 2.63 bits per heavy atom. The Morgan fingerprint density at radius 2 is 1.93 bits per heavy atom. The minimum Gasteiger partial charge on any atom is -0.379 e. The lowest BCUT2D eigenvalue weighted by Gasteiger charge is -2.40. The van der Waals surface area contributed by atoms with Crippen molar-refractivity contribution >= 4 is 5.91 Å². The van der Waals surface area contributed by atoms with Crippen molar-refractivity contribution in [3.8, 4) is 11.4 Å². The monoisotopic (exact) mass is 372 g/mol. The first-order chi connectivity index (χ1) is 12.9. The fraction of sp³-hybridized carbons (Fsp3) is 0.550. The van der Waals surface area contributed by atoms with E-state index in [1.54, 1.807) is 0 Å². The first kappa shape index (κ1) is 19.5. The molecule has 2 heterocycles. The lowest BCUT2D eigenvalue weighted by atomic mass is 10.0. The van der Waals surface area contributed by atoms with Gasteiger partial charge < -0.3 is 14.6 Å². The number of ether oxygens (including phenoxy) is 1. The average molecular weight is 372 g/mol. The van der Waals surface area contributed by atoms with E-state index >= 15 is 0 Å². The fourth-order valence-electron chi connectivity index (χ4n) is 3.08. The normalized spacial score (nSPS) is 15.7. The minimum absolute atomic E-state index is 0.00794. The summed E-state index contributed by atoms with van der Waals surface area (Å²) >= 11 is 0. The van der Waals surface area contributed by atoms with E-state index in [0.717, 1.165) is 31.9 Å². The van der Waals surface area contributed by atoms with Crippen LogP contribution >= 0.6 is 0 Å². The van der Waals surface area contributed by atoms with E-state index in [4.69, 9.17) is 9.26 Å². The number of nitrogens with zero attached hydrogens (tertiary/aromatic N) is 3. The largest absolute Gasteiger partial charge is 0.379 e. The molecule has 3 rings (SSSR count). The quantitative estimate of drug-likeness (QED) is 0.803. The maximum Gasteiger partial charge on any atom is 0.227 e. The molecule has 7 heteroatoms. The van der Waals surface area contributed by atoms with E-state index in [1.807, 2.05) is 31.2 Å².